The molecule has 3 rings (SSSR count). The lowest BCUT2D eigenvalue weighted by Crippen LogP contribution is -2.43. The van der Waals surface area contributed by atoms with Crippen LogP contribution in [0.1, 0.15) is 45.6 Å². The molecule has 2 amide bonds. The van der Waals surface area contributed by atoms with Crippen molar-refractivity contribution in [2.24, 2.45) is 10.8 Å². The number of amides is 2. The first kappa shape index (κ1) is 20.4. The number of carbonyl (C=O) groups is 2. The molecule has 1 saturated carbocycles. The van der Waals surface area contributed by atoms with Gasteiger partial charge in [0.1, 0.15) is 5.75 Å². The van der Waals surface area contributed by atoms with Gasteiger partial charge in [0, 0.05) is 25.7 Å². The van der Waals surface area contributed by atoms with Crippen molar-refractivity contribution in [2.75, 3.05) is 27.2 Å². The molecule has 2 unspecified atom stereocenters. The maximum absolute atomic E-state index is 12.9. The third-order valence-electron chi connectivity index (χ3n) is 6.00. The average Bonchev–Trinajstić information content (AvgIpc) is 2.88. The van der Waals surface area contributed by atoms with Crippen molar-refractivity contribution in [3.05, 3.63) is 35.9 Å². The van der Waals surface area contributed by atoms with Gasteiger partial charge in [-0.2, -0.15) is 0 Å². The van der Waals surface area contributed by atoms with Crippen LogP contribution in [0.4, 0.5) is 0 Å². The minimum absolute atomic E-state index is 0.0528. The largest absolute Gasteiger partial charge is 0.497 e. The SMILES string of the molecule is COc1cccc(/C=C/C(=O)N(C)CC(=O)N2CC3(C)CC2CC(C)(C)C3)c1. The lowest BCUT2D eigenvalue weighted by atomic mass is 9.65. The van der Waals surface area contributed by atoms with Crippen molar-refractivity contribution >= 4 is 17.9 Å². The van der Waals surface area contributed by atoms with E-state index in [0.717, 1.165) is 37.1 Å². The third kappa shape index (κ3) is 4.57. The molecular weight excluding hydrogens is 352 g/mol. The predicted molar refractivity (Wildman–Crippen MR) is 111 cm³/mol. The molecule has 2 bridgehead atoms. The summed E-state index contributed by atoms with van der Waals surface area (Å²) in [5.41, 5.74) is 1.36. The molecule has 152 valence electrons. The highest BCUT2D eigenvalue weighted by molar-refractivity contribution is 5.94. The molecule has 28 heavy (non-hydrogen) atoms. The molecule has 1 aromatic rings. The molecule has 0 radical (unpaired) electrons. The summed E-state index contributed by atoms with van der Waals surface area (Å²) in [6.07, 6.45) is 6.53. The maximum Gasteiger partial charge on any atom is 0.246 e. The van der Waals surface area contributed by atoms with Gasteiger partial charge in [0.25, 0.3) is 0 Å². The van der Waals surface area contributed by atoms with E-state index in [2.05, 4.69) is 20.8 Å². The second-order valence-electron chi connectivity index (χ2n) is 9.54. The van der Waals surface area contributed by atoms with Gasteiger partial charge < -0.3 is 14.5 Å². The lowest BCUT2D eigenvalue weighted by Gasteiger charge is -2.39. The lowest BCUT2D eigenvalue weighted by molar-refractivity contribution is -0.138. The number of likely N-dealkylation sites (tertiary alicyclic amines) is 1. The number of ether oxygens (including phenoxy) is 1. The average molecular weight is 385 g/mol. The maximum atomic E-state index is 12.9. The Morgan fingerprint density at radius 3 is 2.75 bits per heavy atom. The summed E-state index contributed by atoms with van der Waals surface area (Å²) >= 11 is 0. The summed E-state index contributed by atoms with van der Waals surface area (Å²) in [7, 11) is 3.30. The number of methoxy groups -OCH3 is 1. The first-order chi connectivity index (χ1) is 13.1. The number of hydrogen-bond acceptors (Lipinski definition) is 3. The Hall–Kier alpha value is -2.30. The van der Waals surface area contributed by atoms with Crippen LogP contribution in [0.15, 0.2) is 30.3 Å². The standard InChI is InChI=1S/C23H32N2O3/c1-22(2)12-18-13-23(3,15-22)16-25(18)21(27)14-24(4)20(26)10-9-17-7-6-8-19(11-17)28-5/h6-11,18H,12-16H2,1-5H3/b10-9+. The van der Waals surface area contributed by atoms with E-state index in [1.54, 1.807) is 20.2 Å². The van der Waals surface area contributed by atoms with Crippen LogP contribution in [-0.4, -0.2) is 54.9 Å². The zero-order valence-corrected chi connectivity index (χ0v) is 17.7. The first-order valence-electron chi connectivity index (χ1n) is 9.98. The minimum atomic E-state index is -0.176. The van der Waals surface area contributed by atoms with E-state index in [0.29, 0.717) is 6.04 Å². The second-order valence-corrected chi connectivity index (χ2v) is 9.54. The Balaban J connectivity index is 1.59. The Kier molecular flexibility index (Phi) is 5.55. The van der Waals surface area contributed by atoms with E-state index < -0.39 is 0 Å². The van der Waals surface area contributed by atoms with Gasteiger partial charge in [-0.1, -0.05) is 32.9 Å². The molecule has 5 nitrogen and oxygen atoms in total. The fourth-order valence-electron chi connectivity index (χ4n) is 5.16. The number of hydrogen-bond donors (Lipinski definition) is 0. The molecule has 1 saturated heterocycles. The van der Waals surface area contributed by atoms with Gasteiger partial charge in [-0.3, -0.25) is 9.59 Å². The summed E-state index contributed by atoms with van der Waals surface area (Å²) in [6.45, 7) is 7.81. The van der Waals surface area contributed by atoms with E-state index in [1.165, 1.54) is 11.0 Å². The Labute approximate surface area is 168 Å². The van der Waals surface area contributed by atoms with Crippen molar-refractivity contribution in [1.82, 2.24) is 9.80 Å². The van der Waals surface area contributed by atoms with Crippen LogP contribution < -0.4 is 4.74 Å². The smallest absolute Gasteiger partial charge is 0.246 e. The first-order valence-corrected chi connectivity index (χ1v) is 9.98. The van der Waals surface area contributed by atoms with Crippen molar-refractivity contribution in [3.63, 3.8) is 0 Å². The summed E-state index contributed by atoms with van der Waals surface area (Å²) in [5, 5.41) is 0. The van der Waals surface area contributed by atoms with Crippen molar-refractivity contribution < 1.29 is 14.3 Å². The number of fused-ring (bicyclic) bond motifs is 2. The van der Waals surface area contributed by atoms with Crippen molar-refractivity contribution in [3.8, 4) is 5.75 Å². The highest BCUT2D eigenvalue weighted by Crippen LogP contribution is 2.52. The predicted octanol–water partition coefficient (Wildman–Crippen LogP) is 3.59. The quantitative estimate of drug-likeness (QED) is 0.729. The number of nitrogens with zero attached hydrogens (tertiary/aromatic N) is 2. The van der Waals surface area contributed by atoms with Gasteiger partial charge >= 0.3 is 0 Å². The van der Waals surface area contributed by atoms with Crippen LogP contribution >= 0.6 is 0 Å². The topological polar surface area (TPSA) is 49.9 Å². The zero-order chi connectivity index (χ0) is 20.5. The third-order valence-corrected chi connectivity index (χ3v) is 6.00. The highest BCUT2D eigenvalue weighted by atomic mass is 16.5. The molecule has 2 atom stereocenters. The molecule has 0 spiro atoms. The van der Waals surface area contributed by atoms with Crippen LogP contribution in [0.2, 0.25) is 0 Å². The summed E-state index contributed by atoms with van der Waals surface area (Å²) in [6, 6.07) is 7.81. The van der Waals surface area contributed by atoms with E-state index in [4.69, 9.17) is 4.74 Å². The van der Waals surface area contributed by atoms with Crippen LogP contribution in [-0.2, 0) is 9.59 Å². The van der Waals surface area contributed by atoms with Gasteiger partial charge in [-0.05, 0) is 53.9 Å². The number of likely N-dealkylation sites (N-methyl/N-ethyl adjacent to an activating group) is 1. The normalized spacial score (nSPS) is 25.8. The molecule has 1 heterocycles. The van der Waals surface area contributed by atoms with Gasteiger partial charge in [-0.25, -0.2) is 0 Å². The minimum Gasteiger partial charge on any atom is -0.497 e. The number of rotatable bonds is 5. The molecule has 1 aliphatic carbocycles. The summed E-state index contributed by atoms with van der Waals surface area (Å²) in [5.74, 6) is 0.622. The van der Waals surface area contributed by atoms with Gasteiger partial charge in [0.05, 0.1) is 13.7 Å². The van der Waals surface area contributed by atoms with Gasteiger partial charge in [0.15, 0.2) is 0 Å². The Morgan fingerprint density at radius 1 is 1.29 bits per heavy atom. The summed E-state index contributed by atoms with van der Waals surface area (Å²) < 4.78 is 5.20. The summed E-state index contributed by atoms with van der Waals surface area (Å²) in [4.78, 5) is 28.9. The van der Waals surface area contributed by atoms with Crippen molar-refractivity contribution in [2.45, 2.75) is 46.1 Å². The fourth-order valence-corrected chi connectivity index (χ4v) is 5.16. The molecule has 1 aromatic carbocycles. The van der Waals surface area contributed by atoms with Crippen LogP contribution in [0.3, 0.4) is 0 Å². The number of carbonyl (C=O) groups excluding carboxylic acids is 2. The van der Waals surface area contributed by atoms with E-state index in [9.17, 15) is 9.59 Å². The molecule has 5 heteroatoms. The Morgan fingerprint density at radius 2 is 2.04 bits per heavy atom. The van der Waals surface area contributed by atoms with Gasteiger partial charge in [0.2, 0.25) is 11.8 Å². The molecular formula is C23H32N2O3. The van der Waals surface area contributed by atoms with Crippen LogP contribution in [0.5, 0.6) is 5.75 Å². The molecule has 2 aliphatic rings. The molecule has 2 fully saturated rings. The van der Waals surface area contributed by atoms with Crippen LogP contribution in [0.25, 0.3) is 6.08 Å². The van der Waals surface area contributed by atoms with Gasteiger partial charge in [-0.15, -0.1) is 0 Å². The van der Waals surface area contributed by atoms with E-state index >= 15 is 0 Å². The zero-order valence-electron chi connectivity index (χ0n) is 17.7. The number of benzene rings is 1. The van der Waals surface area contributed by atoms with Crippen LogP contribution in [0, 0.1) is 10.8 Å². The highest BCUT2D eigenvalue weighted by Gasteiger charge is 2.50. The van der Waals surface area contributed by atoms with E-state index in [1.807, 2.05) is 29.2 Å². The Bertz CT molecular complexity index is 786. The molecule has 1 aliphatic heterocycles. The molecule has 0 aromatic heterocycles. The molecule has 0 N–H and O–H groups in total. The second kappa shape index (κ2) is 7.61. The van der Waals surface area contributed by atoms with Crippen molar-refractivity contribution in [1.29, 1.82) is 0 Å². The van der Waals surface area contributed by atoms with E-state index in [-0.39, 0.29) is 29.2 Å². The monoisotopic (exact) mass is 384 g/mol. The fraction of sp³-hybridized carbons (Fsp3) is 0.565.